The molecule has 2 rings (SSSR count). The summed E-state index contributed by atoms with van der Waals surface area (Å²) in [5.74, 6) is 0.151. The highest BCUT2D eigenvalue weighted by atomic mass is 35.5. The fourth-order valence-corrected chi connectivity index (χ4v) is 2.27. The zero-order chi connectivity index (χ0) is 16.8. The van der Waals surface area contributed by atoms with Crippen LogP contribution in [0, 0.1) is 5.82 Å². The van der Waals surface area contributed by atoms with Gasteiger partial charge in [-0.2, -0.15) is 0 Å². The first-order valence-electron chi connectivity index (χ1n) is 7.22. The van der Waals surface area contributed by atoms with Crippen LogP contribution in [-0.4, -0.2) is 19.1 Å². The summed E-state index contributed by atoms with van der Waals surface area (Å²) < 4.78 is 18.2. The van der Waals surface area contributed by atoms with Gasteiger partial charge in [0, 0.05) is 5.56 Å². The summed E-state index contributed by atoms with van der Waals surface area (Å²) in [5, 5.41) is 4.79. The standard InChI is InChI=1S/C17H18ClFN2O2/c1-11(20-10-12-4-3-5-14(8-12)23-2)17(22)21-16-7-6-13(19)9-15(16)18/h3-9,11,20H,10H2,1-2H3,(H,21,22)/p+1/t11-/m1/s1. The fraction of sp³-hybridized carbons (Fsp3) is 0.235. The van der Waals surface area contributed by atoms with Gasteiger partial charge >= 0.3 is 0 Å². The van der Waals surface area contributed by atoms with Crippen molar-refractivity contribution in [2.45, 2.75) is 19.5 Å². The molecule has 0 heterocycles. The Kier molecular flexibility index (Phi) is 5.96. The number of amides is 1. The summed E-state index contributed by atoms with van der Waals surface area (Å²) >= 11 is 5.91. The number of carbonyl (C=O) groups is 1. The van der Waals surface area contributed by atoms with E-state index in [1.54, 1.807) is 14.0 Å². The monoisotopic (exact) mass is 337 g/mol. The number of hydrogen-bond donors (Lipinski definition) is 2. The van der Waals surface area contributed by atoms with Crippen molar-refractivity contribution in [1.29, 1.82) is 0 Å². The number of hydrogen-bond acceptors (Lipinski definition) is 2. The van der Waals surface area contributed by atoms with E-state index in [0.717, 1.165) is 11.3 Å². The Balaban J connectivity index is 1.91. The highest BCUT2D eigenvalue weighted by Gasteiger charge is 2.17. The lowest BCUT2D eigenvalue weighted by Crippen LogP contribution is -2.90. The Labute approximate surface area is 139 Å². The Morgan fingerprint density at radius 3 is 2.83 bits per heavy atom. The number of benzene rings is 2. The normalized spacial score (nSPS) is 11.8. The van der Waals surface area contributed by atoms with E-state index >= 15 is 0 Å². The van der Waals surface area contributed by atoms with Gasteiger partial charge in [0.25, 0.3) is 5.91 Å². The van der Waals surface area contributed by atoms with Crippen molar-refractivity contribution in [3.8, 4) is 5.75 Å². The van der Waals surface area contributed by atoms with E-state index in [1.807, 2.05) is 29.6 Å². The predicted molar refractivity (Wildman–Crippen MR) is 88.1 cm³/mol. The van der Waals surface area contributed by atoms with Crippen LogP contribution >= 0.6 is 11.6 Å². The van der Waals surface area contributed by atoms with Gasteiger partial charge in [-0.15, -0.1) is 0 Å². The molecule has 0 unspecified atom stereocenters. The van der Waals surface area contributed by atoms with E-state index in [0.29, 0.717) is 12.2 Å². The van der Waals surface area contributed by atoms with Gasteiger partial charge in [-0.25, -0.2) is 4.39 Å². The van der Waals surface area contributed by atoms with Crippen LogP contribution in [0.3, 0.4) is 0 Å². The molecule has 0 bridgehead atoms. The second kappa shape index (κ2) is 7.94. The van der Waals surface area contributed by atoms with Crippen LogP contribution < -0.4 is 15.4 Å². The molecule has 23 heavy (non-hydrogen) atoms. The number of anilines is 1. The second-order valence-corrected chi connectivity index (χ2v) is 5.60. The molecule has 0 aromatic heterocycles. The molecule has 0 aliphatic carbocycles. The van der Waals surface area contributed by atoms with Gasteiger partial charge < -0.3 is 15.4 Å². The molecule has 0 radical (unpaired) electrons. The molecule has 1 atom stereocenters. The van der Waals surface area contributed by atoms with Gasteiger partial charge in [-0.3, -0.25) is 4.79 Å². The minimum Gasteiger partial charge on any atom is -0.497 e. The number of methoxy groups -OCH3 is 1. The lowest BCUT2D eigenvalue weighted by atomic mass is 10.2. The first kappa shape index (κ1) is 17.2. The number of nitrogens with two attached hydrogens (primary N) is 1. The molecule has 122 valence electrons. The van der Waals surface area contributed by atoms with Crippen molar-refractivity contribution in [2.75, 3.05) is 12.4 Å². The smallest absolute Gasteiger partial charge is 0.282 e. The molecule has 2 aromatic carbocycles. The Bertz CT molecular complexity index is 694. The van der Waals surface area contributed by atoms with Gasteiger partial charge in [0.05, 0.1) is 17.8 Å². The lowest BCUT2D eigenvalue weighted by Gasteiger charge is -2.12. The fourth-order valence-electron chi connectivity index (χ4n) is 2.06. The summed E-state index contributed by atoms with van der Waals surface area (Å²) in [7, 11) is 1.62. The average molecular weight is 338 g/mol. The van der Waals surface area contributed by atoms with Gasteiger partial charge in [-0.05, 0) is 37.3 Å². The van der Waals surface area contributed by atoms with Crippen LogP contribution in [0.5, 0.6) is 5.75 Å². The molecule has 1 amide bonds. The van der Waals surface area contributed by atoms with E-state index in [-0.39, 0.29) is 17.0 Å². The molecule has 3 N–H and O–H groups in total. The maximum absolute atomic E-state index is 13.0. The van der Waals surface area contributed by atoms with Gasteiger partial charge in [0.2, 0.25) is 0 Å². The second-order valence-electron chi connectivity index (χ2n) is 5.19. The molecular formula is C17H19ClFN2O2+. The molecule has 0 aliphatic rings. The highest BCUT2D eigenvalue weighted by Crippen LogP contribution is 2.22. The van der Waals surface area contributed by atoms with Crippen molar-refractivity contribution in [1.82, 2.24) is 0 Å². The third-order valence-electron chi connectivity index (χ3n) is 3.44. The van der Waals surface area contributed by atoms with E-state index in [4.69, 9.17) is 16.3 Å². The van der Waals surface area contributed by atoms with Crippen LogP contribution in [0.1, 0.15) is 12.5 Å². The molecular weight excluding hydrogens is 319 g/mol. The van der Waals surface area contributed by atoms with Gasteiger partial charge in [-0.1, -0.05) is 23.7 Å². The number of quaternary nitrogens is 1. The van der Waals surface area contributed by atoms with Crippen molar-refractivity contribution in [3.63, 3.8) is 0 Å². The lowest BCUT2D eigenvalue weighted by molar-refractivity contribution is -0.688. The summed E-state index contributed by atoms with van der Waals surface area (Å²) in [6, 6.07) is 11.2. The summed E-state index contributed by atoms with van der Waals surface area (Å²) in [4.78, 5) is 12.2. The molecule has 6 heteroatoms. The predicted octanol–water partition coefficient (Wildman–Crippen LogP) is 2.58. The van der Waals surface area contributed by atoms with Crippen molar-refractivity contribution in [2.24, 2.45) is 0 Å². The number of rotatable bonds is 6. The van der Waals surface area contributed by atoms with Gasteiger partial charge in [0.15, 0.2) is 6.04 Å². The van der Waals surface area contributed by atoms with Crippen LogP contribution in [0.2, 0.25) is 5.02 Å². The van der Waals surface area contributed by atoms with Crippen LogP contribution in [-0.2, 0) is 11.3 Å². The van der Waals surface area contributed by atoms with E-state index in [1.165, 1.54) is 18.2 Å². The topological polar surface area (TPSA) is 54.9 Å². The number of nitrogens with one attached hydrogen (secondary N) is 1. The van der Waals surface area contributed by atoms with Gasteiger partial charge in [0.1, 0.15) is 18.1 Å². The number of ether oxygens (including phenoxy) is 1. The first-order chi connectivity index (χ1) is 11.0. The first-order valence-corrected chi connectivity index (χ1v) is 7.59. The van der Waals surface area contributed by atoms with Crippen LogP contribution in [0.25, 0.3) is 0 Å². The minimum atomic E-state index is -0.439. The maximum Gasteiger partial charge on any atom is 0.282 e. The Morgan fingerprint density at radius 1 is 1.35 bits per heavy atom. The van der Waals surface area contributed by atoms with Crippen molar-refractivity contribution in [3.05, 3.63) is 58.9 Å². The molecule has 2 aromatic rings. The molecule has 0 spiro atoms. The summed E-state index contributed by atoms with van der Waals surface area (Å²) in [6.07, 6.45) is 0. The van der Waals surface area contributed by atoms with E-state index in [9.17, 15) is 9.18 Å². The van der Waals surface area contributed by atoms with Crippen LogP contribution in [0.4, 0.5) is 10.1 Å². The molecule has 4 nitrogen and oxygen atoms in total. The van der Waals surface area contributed by atoms with Crippen molar-refractivity contribution >= 4 is 23.2 Å². The molecule has 0 fully saturated rings. The third kappa shape index (κ3) is 4.94. The molecule has 0 saturated heterocycles. The SMILES string of the molecule is COc1cccc(C[NH2+][C@H](C)C(=O)Nc2ccc(F)cc2Cl)c1. The van der Waals surface area contributed by atoms with Crippen LogP contribution in [0.15, 0.2) is 42.5 Å². The summed E-state index contributed by atoms with van der Waals surface area (Å²) in [5.41, 5.74) is 1.46. The Morgan fingerprint density at radius 2 is 2.13 bits per heavy atom. The quantitative estimate of drug-likeness (QED) is 0.851. The largest absolute Gasteiger partial charge is 0.497 e. The number of carbonyl (C=O) groups excluding carboxylic acids is 1. The Hall–Kier alpha value is -2.11. The average Bonchev–Trinajstić information content (AvgIpc) is 2.55. The zero-order valence-electron chi connectivity index (χ0n) is 13.0. The zero-order valence-corrected chi connectivity index (χ0v) is 13.7. The van der Waals surface area contributed by atoms with E-state index < -0.39 is 5.82 Å². The third-order valence-corrected chi connectivity index (χ3v) is 3.76. The van der Waals surface area contributed by atoms with Crippen molar-refractivity contribution < 1.29 is 19.2 Å². The van der Waals surface area contributed by atoms with E-state index in [2.05, 4.69) is 5.32 Å². The number of halogens is 2. The maximum atomic E-state index is 13.0. The molecule has 0 aliphatic heterocycles. The highest BCUT2D eigenvalue weighted by molar-refractivity contribution is 6.33. The summed E-state index contributed by atoms with van der Waals surface area (Å²) in [6.45, 7) is 2.44. The molecule has 0 saturated carbocycles. The minimum absolute atomic E-state index is 0.179.